The minimum atomic E-state index is 0.679. The van der Waals surface area contributed by atoms with Crippen molar-refractivity contribution in [3.63, 3.8) is 0 Å². The fraction of sp³-hybridized carbons (Fsp3) is 0.312. The van der Waals surface area contributed by atoms with Crippen LogP contribution in [-0.4, -0.2) is 23.3 Å². The zero-order chi connectivity index (χ0) is 14.5. The maximum absolute atomic E-state index is 8.95. The van der Waals surface area contributed by atoms with E-state index in [1.54, 1.807) is 18.0 Å². The molecule has 4 nitrogen and oxygen atoms in total. The van der Waals surface area contributed by atoms with Gasteiger partial charge < -0.3 is 4.90 Å². The molecule has 0 spiro atoms. The Morgan fingerprint density at radius 3 is 2.76 bits per heavy atom. The number of hydrogen-bond acceptors (Lipinski definition) is 5. The molecule has 5 heteroatoms. The molecule has 1 aromatic heterocycles. The van der Waals surface area contributed by atoms with E-state index in [-0.39, 0.29) is 0 Å². The van der Waals surface area contributed by atoms with Crippen molar-refractivity contribution in [1.82, 2.24) is 10.2 Å². The van der Waals surface area contributed by atoms with Crippen molar-refractivity contribution in [2.45, 2.75) is 29.1 Å². The van der Waals surface area contributed by atoms with Gasteiger partial charge in [0.2, 0.25) is 0 Å². The van der Waals surface area contributed by atoms with Crippen LogP contribution in [0.25, 0.3) is 0 Å². The van der Waals surface area contributed by atoms with Gasteiger partial charge in [-0.05, 0) is 43.5 Å². The fourth-order valence-corrected chi connectivity index (χ4v) is 3.31. The quantitative estimate of drug-likeness (QED) is 0.867. The summed E-state index contributed by atoms with van der Waals surface area (Å²) in [6, 6.07) is 11.9. The first-order valence-electron chi connectivity index (χ1n) is 7.11. The summed E-state index contributed by atoms with van der Waals surface area (Å²) in [7, 11) is 0. The lowest BCUT2D eigenvalue weighted by Gasteiger charge is -2.27. The summed E-state index contributed by atoms with van der Waals surface area (Å²) in [6.45, 7) is 2.12. The summed E-state index contributed by atoms with van der Waals surface area (Å²) >= 11 is 1.62. The molecule has 0 radical (unpaired) electrons. The predicted molar refractivity (Wildman–Crippen MR) is 83.4 cm³/mol. The molecule has 0 atom stereocenters. The Kier molecular flexibility index (Phi) is 4.37. The molecule has 0 amide bonds. The molecule has 1 fully saturated rings. The molecule has 0 unspecified atom stereocenters. The van der Waals surface area contributed by atoms with Gasteiger partial charge in [0.15, 0.2) is 5.82 Å². The van der Waals surface area contributed by atoms with Gasteiger partial charge in [-0.3, -0.25) is 0 Å². The van der Waals surface area contributed by atoms with Crippen LogP contribution in [0.1, 0.15) is 24.8 Å². The average Bonchev–Trinajstić information content (AvgIpc) is 2.56. The van der Waals surface area contributed by atoms with Gasteiger partial charge in [-0.25, -0.2) is 0 Å². The second-order valence-electron chi connectivity index (χ2n) is 5.04. The van der Waals surface area contributed by atoms with E-state index in [2.05, 4.69) is 27.2 Å². The Hall–Kier alpha value is -2.06. The van der Waals surface area contributed by atoms with Crippen molar-refractivity contribution in [2.24, 2.45) is 0 Å². The number of benzene rings is 1. The number of nitrogens with zero attached hydrogens (tertiary/aromatic N) is 4. The molecular formula is C16H16N4S. The van der Waals surface area contributed by atoms with Gasteiger partial charge in [0.05, 0.1) is 17.8 Å². The van der Waals surface area contributed by atoms with Crippen LogP contribution in [0.5, 0.6) is 0 Å². The predicted octanol–water partition coefficient (Wildman–Crippen LogP) is 3.49. The van der Waals surface area contributed by atoms with E-state index in [1.807, 2.05) is 24.3 Å². The molecule has 2 heterocycles. The van der Waals surface area contributed by atoms with E-state index in [1.165, 1.54) is 19.3 Å². The molecule has 1 aliphatic rings. The first kappa shape index (κ1) is 13.9. The van der Waals surface area contributed by atoms with Crippen molar-refractivity contribution in [1.29, 1.82) is 5.26 Å². The number of nitriles is 1. The van der Waals surface area contributed by atoms with Crippen LogP contribution in [-0.2, 0) is 0 Å². The fourth-order valence-electron chi connectivity index (χ4n) is 2.44. The highest BCUT2D eigenvalue weighted by Gasteiger charge is 2.13. The molecule has 3 rings (SSSR count). The summed E-state index contributed by atoms with van der Waals surface area (Å²) in [5.41, 5.74) is 0.679. The van der Waals surface area contributed by atoms with Crippen LogP contribution in [0.4, 0.5) is 5.82 Å². The standard InChI is InChI=1S/C16H16N4S/c17-11-13-5-4-6-14(9-13)21-15-10-16(19-18-12-15)20-7-2-1-3-8-20/h4-6,9-10,12H,1-3,7-8H2. The van der Waals surface area contributed by atoms with Crippen LogP contribution in [0.15, 0.2) is 46.3 Å². The molecular weight excluding hydrogens is 280 g/mol. The Labute approximate surface area is 128 Å². The van der Waals surface area contributed by atoms with Gasteiger partial charge in [0.1, 0.15) is 0 Å². The number of anilines is 1. The average molecular weight is 296 g/mol. The topological polar surface area (TPSA) is 52.8 Å². The van der Waals surface area contributed by atoms with Crippen LogP contribution in [0.2, 0.25) is 0 Å². The minimum Gasteiger partial charge on any atom is -0.355 e. The summed E-state index contributed by atoms with van der Waals surface area (Å²) in [4.78, 5) is 4.40. The first-order valence-corrected chi connectivity index (χ1v) is 7.92. The van der Waals surface area contributed by atoms with Crippen LogP contribution in [0, 0.1) is 11.3 Å². The second-order valence-corrected chi connectivity index (χ2v) is 6.19. The molecule has 1 aliphatic heterocycles. The first-order chi connectivity index (χ1) is 10.3. The number of aromatic nitrogens is 2. The third-order valence-electron chi connectivity index (χ3n) is 3.50. The molecule has 21 heavy (non-hydrogen) atoms. The molecule has 0 bridgehead atoms. The summed E-state index contributed by atoms with van der Waals surface area (Å²) in [6.07, 6.45) is 5.53. The van der Waals surface area contributed by atoms with E-state index in [9.17, 15) is 0 Å². The monoisotopic (exact) mass is 296 g/mol. The second kappa shape index (κ2) is 6.59. The van der Waals surface area contributed by atoms with Crippen molar-refractivity contribution in [3.05, 3.63) is 42.1 Å². The van der Waals surface area contributed by atoms with E-state index < -0.39 is 0 Å². The summed E-state index contributed by atoms with van der Waals surface area (Å²) in [5.74, 6) is 0.955. The lowest BCUT2D eigenvalue weighted by Crippen LogP contribution is -2.30. The van der Waals surface area contributed by atoms with Crippen molar-refractivity contribution >= 4 is 17.6 Å². The van der Waals surface area contributed by atoms with Crippen molar-refractivity contribution in [3.8, 4) is 6.07 Å². The van der Waals surface area contributed by atoms with Crippen molar-refractivity contribution < 1.29 is 0 Å². The van der Waals surface area contributed by atoms with E-state index in [0.29, 0.717) is 5.56 Å². The molecule has 0 aliphatic carbocycles. The maximum atomic E-state index is 8.95. The number of hydrogen-bond donors (Lipinski definition) is 0. The van der Waals surface area contributed by atoms with E-state index in [0.717, 1.165) is 28.7 Å². The zero-order valence-electron chi connectivity index (χ0n) is 11.7. The highest BCUT2D eigenvalue weighted by Crippen LogP contribution is 2.29. The molecule has 0 N–H and O–H groups in total. The molecule has 106 valence electrons. The van der Waals surface area contributed by atoms with E-state index >= 15 is 0 Å². The van der Waals surface area contributed by atoms with Gasteiger partial charge in [-0.15, -0.1) is 5.10 Å². The Morgan fingerprint density at radius 2 is 1.95 bits per heavy atom. The summed E-state index contributed by atoms with van der Waals surface area (Å²) in [5, 5.41) is 17.3. The normalized spacial score (nSPS) is 14.7. The van der Waals surface area contributed by atoms with Crippen molar-refractivity contribution in [2.75, 3.05) is 18.0 Å². The highest BCUT2D eigenvalue weighted by atomic mass is 32.2. The highest BCUT2D eigenvalue weighted by molar-refractivity contribution is 7.99. The van der Waals surface area contributed by atoms with Gasteiger partial charge in [-0.1, -0.05) is 17.8 Å². The third kappa shape index (κ3) is 3.53. The molecule has 0 saturated carbocycles. The van der Waals surface area contributed by atoms with E-state index in [4.69, 9.17) is 5.26 Å². The summed E-state index contributed by atoms with van der Waals surface area (Å²) < 4.78 is 0. The minimum absolute atomic E-state index is 0.679. The molecule has 1 saturated heterocycles. The van der Waals surface area contributed by atoms with Gasteiger partial charge in [-0.2, -0.15) is 10.4 Å². The Morgan fingerprint density at radius 1 is 1.10 bits per heavy atom. The van der Waals surface area contributed by atoms with Crippen LogP contribution in [0.3, 0.4) is 0 Å². The van der Waals surface area contributed by atoms with Gasteiger partial charge in [0, 0.05) is 22.9 Å². The lowest BCUT2D eigenvalue weighted by molar-refractivity contribution is 0.570. The molecule has 2 aromatic rings. The number of piperidine rings is 1. The number of rotatable bonds is 3. The maximum Gasteiger partial charge on any atom is 0.152 e. The Balaban J connectivity index is 1.77. The van der Waals surface area contributed by atoms with Crippen LogP contribution >= 0.6 is 11.8 Å². The Bertz CT molecular complexity index is 659. The third-order valence-corrected chi connectivity index (χ3v) is 4.44. The van der Waals surface area contributed by atoms with Gasteiger partial charge >= 0.3 is 0 Å². The zero-order valence-corrected chi connectivity index (χ0v) is 12.5. The van der Waals surface area contributed by atoms with Crippen LogP contribution < -0.4 is 4.90 Å². The van der Waals surface area contributed by atoms with Gasteiger partial charge in [0.25, 0.3) is 0 Å². The molecule has 1 aromatic carbocycles. The SMILES string of the molecule is N#Cc1cccc(Sc2cnnc(N3CCCCC3)c2)c1. The lowest BCUT2D eigenvalue weighted by atomic mass is 10.1. The smallest absolute Gasteiger partial charge is 0.152 e. The largest absolute Gasteiger partial charge is 0.355 e.